The Hall–Kier alpha value is -1.31. The molecule has 0 bridgehead atoms. The van der Waals surface area contributed by atoms with Crippen LogP contribution in [0.15, 0.2) is 24.3 Å². The van der Waals surface area contributed by atoms with Gasteiger partial charge in [-0.3, -0.25) is 10.1 Å². The zero-order valence-electron chi connectivity index (χ0n) is 9.46. The van der Waals surface area contributed by atoms with Gasteiger partial charge in [-0.15, -0.1) is 0 Å². The predicted octanol–water partition coefficient (Wildman–Crippen LogP) is 4.72. The number of aromatic nitrogens is 1. The average Bonchev–Trinajstić information content (AvgIpc) is 2.70. The summed E-state index contributed by atoms with van der Waals surface area (Å²) < 4.78 is 37.0. The first-order chi connectivity index (χ1) is 9.27. The molecule has 0 spiro atoms. The van der Waals surface area contributed by atoms with Crippen molar-refractivity contribution in [2.75, 3.05) is 5.32 Å². The maximum absolute atomic E-state index is 12.5. The van der Waals surface area contributed by atoms with Crippen LogP contribution < -0.4 is 5.32 Å². The molecule has 9 heteroatoms. The minimum Gasteiger partial charge on any atom is -0.298 e. The Labute approximate surface area is 125 Å². The smallest absolute Gasteiger partial charge is 0.298 e. The highest BCUT2D eigenvalue weighted by Crippen LogP contribution is 2.39. The minimum atomic E-state index is -4.66. The molecule has 3 nitrogen and oxygen atoms in total. The minimum absolute atomic E-state index is 0.206. The van der Waals surface area contributed by atoms with Crippen LogP contribution in [-0.2, 0) is 6.18 Å². The van der Waals surface area contributed by atoms with E-state index < -0.39 is 22.1 Å². The number of rotatable bonds is 2. The molecule has 0 atom stereocenters. The third-order valence-electron chi connectivity index (χ3n) is 2.16. The highest BCUT2D eigenvalue weighted by Gasteiger charge is 2.37. The molecule has 106 valence electrons. The summed E-state index contributed by atoms with van der Waals surface area (Å²) >= 11 is 11.7. The van der Waals surface area contributed by atoms with Gasteiger partial charge in [-0.05, 0) is 18.2 Å². The van der Waals surface area contributed by atoms with Gasteiger partial charge < -0.3 is 0 Å². The zero-order valence-corrected chi connectivity index (χ0v) is 11.8. The van der Waals surface area contributed by atoms with Crippen LogP contribution in [0.1, 0.15) is 16.1 Å². The zero-order chi connectivity index (χ0) is 14.9. The van der Waals surface area contributed by atoms with Crippen molar-refractivity contribution >= 4 is 45.6 Å². The third-order valence-corrected chi connectivity index (χ3v) is 3.57. The van der Waals surface area contributed by atoms with E-state index in [0.29, 0.717) is 16.4 Å². The first kappa shape index (κ1) is 15.1. The fourth-order valence-electron chi connectivity index (χ4n) is 1.33. The van der Waals surface area contributed by atoms with Crippen LogP contribution >= 0.6 is 34.5 Å². The predicted molar refractivity (Wildman–Crippen MR) is 71.5 cm³/mol. The van der Waals surface area contributed by atoms with Gasteiger partial charge in [0.15, 0.2) is 10.8 Å². The molecule has 0 saturated heterocycles. The molecule has 0 aliphatic rings. The van der Waals surface area contributed by atoms with Crippen LogP contribution in [-0.4, -0.2) is 10.9 Å². The number of thiazole rings is 1. The van der Waals surface area contributed by atoms with Gasteiger partial charge in [0, 0.05) is 10.6 Å². The molecule has 0 saturated carbocycles. The monoisotopic (exact) mass is 340 g/mol. The number of hydrogen-bond acceptors (Lipinski definition) is 3. The standard InChI is InChI=1S/C11H5Cl2F3N2OS/c12-6-3-1-2-5(4-6)9(19)18-10-17-7(8(13)20-10)11(14,15)16/h1-4H,(H,17,18,19). The van der Waals surface area contributed by atoms with Gasteiger partial charge in [-0.25, -0.2) is 4.98 Å². The number of carbonyl (C=O) groups excluding carboxylic acids is 1. The maximum Gasteiger partial charge on any atom is 0.435 e. The number of carbonyl (C=O) groups is 1. The fourth-order valence-corrected chi connectivity index (χ4v) is 2.60. The van der Waals surface area contributed by atoms with Gasteiger partial charge >= 0.3 is 6.18 Å². The number of alkyl halides is 3. The lowest BCUT2D eigenvalue weighted by atomic mass is 10.2. The van der Waals surface area contributed by atoms with Crippen LogP contribution in [0.25, 0.3) is 0 Å². The molecule has 0 aliphatic heterocycles. The summed E-state index contributed by atoms with van der Waals surface area (Å²) in [5.41, 5.74) is -1.01. The quantitative estimate of drug-likeness (QED) is 0.859. The lowest BCUT2D eigenvalue weighted by Gasteiger charge is -2.02. The van der Waals surface area contributed by atoms with E-state index in [0.717, 1.165) is 0 Å². The fraction of sp³-hybridized carbons (Fsp3) is 0.0909. The van der Waals surface area contributed by atoms with Crippen molar-refractivity contribution in [3.8, 4) is 0 Å². The number of hydrogen-bond donors (Lipinski definition) is 1. The van der Waals surface area contributed by atoms with E-state index in [9.17, 15) is 18.0 Å². The Kier molecular flexibility index (Phi) is 4.22. The number of nitrogens with zero attached hydrogens (tertiary/aromatic N) is 1. The van der Waals surface area contributed by atoms with Crippen molar-refractivity contribution in [1.82, 2.24) is 4.98 Å². The first-order valence-electron chi connectivity index (χ1n) is 5.08. The van der Waals surface area contributed by atoms with Gasteiger partial charge in [0.05, 0.1) is 0 Å². The Morgan fingerprint density at radius 3 is 2.55 bits per heavy atom. The molecule has 1 aromatic heterocycles. The number of benzene rings is 1. The summed E-state index contributed by atoms with van der Waals surface area (Å²) in [5, 5.41) is 2.35. The highest BCUT2D eigenvalue weighted by molar-refractivity contribution is 7.19. The van der Waals surface area contributed by atoms with E-state index in [1.54, 1.807) is 12.1 Å². The van der Waals surface area contributed by atoms with E-state index in [2.05, 4.69) is 10.3 Å². The van der Waals surface area contributed by atoms with E-state index in [-0.39, 0.29) is 10.7 Å². The molecule has 1 aromatic carbocycles. The molecule has 0 unspecified atom stereocenters. The SMILES string of the molecule is O=C(Nc1nc(C(F)(F)F)c(Cl)s1)c1cccc(Cl)c1. The largest absolute Gasteiger partial charge is 0.435 e. The Balaban J connectivity index is 2.21. The molecule has 1 N–H and O–H groups in total. The molecule has 2 aromatic rings. The molecule has 2 rings (SSSR count). The molecule has 1 amide bonds. The topological polar surface area (TPSA) is 42.0 Å². The average molecular weight is 341 g/mol. The molecule has 20 heavy (non-hydrogen) atoms. The van der Waals surface area contributed by atoms with Crippen molar-refractivity contribution in [1.29, 1.82) is 0 Å². The number of anilines is 1. The van der Waals surface area contributed by atoms with Crippen LogP contribution in [0.3, 0.4) is 0 Å². The molecule has 1 heterocycles. The summed E-state index contributed by atoms with van der Waals surface area (Å²) in [6, 6.07) is 5.98. The lowest BCUT2D eigenvalue weighted by Crippen LogP contribution is -2.12. The van der Waals surface area contributed by atoms with Crippen LogP contribution in [0.2, 0.25) is 9.36 Å². The van der Waals surface area contributed by atoms with E-state index in [1.807, 2.05) is 0 Å². The van der Waals surface area contributed by atoms with Crippen LogP contribution in [0.5, 0.6) is 0 Å². The van der Waals surface area contributed by atoms with Gasteiger partial charge in [-0.1, -0.05) is 40.6 Å². The van der Waals surface area contributed by atoms with Crippen molar-refractivity contribution < 1.29 is 18.0 Å². The summed E-state index contributed by atoms with van der Waals surface area (Å²) in [6.45, 7) is 0. The summed E-state index contributed by atoms with van der Waals surface area (Å²) in [4.78, 5) is 15.1. The van der Waals surface area contributed by atoms with Crippen molar-refractivity contribution in [3.63, 3.8) is 0 Å². The number of amides is 1. The van der Waals surface area contributed by atoms with Gasteiger partial charge in [0.25, 0.3) is 5.91 Å². The van der Waals surface area contributed by atoms with Gasteiger partial charge in [0.2, 0.25) is 0 Å². The highest BCUT2D eigenvalue weighted by atomic mass is 35.5. The second kappa shape index (κ2) is 5.59. The molecular weight excluding hydrogens is 336 g/mol. The lowest BCUT2D eigenvalue weighted by molar-refractivity contribution is -0.140. The van der Waals surface area contributed by atoms with Gasteiger partial charge in [-0.2, -0.15) is 13.2 Å². The summed E-state index contributed by atoms with van der Waals surface area (Å²) in [7, 11) is 0. The van der Waals surface area contributed by atoms with E-state index >= 15 is 0 Å². The second-order valence-corrected chi connectivity index (χ2v) is 5.64. The Morgan fingerprint density at radius 2 is 2.00 bits per heavy atom. The van der Waals surface area contributed by atoms with Crippen LogP contribution in [0.4, 0.5) is 18.3 Å². The van der Waals surface area contributed by atoms with Crippen molar-refractivity contribution in [2.24, 2.45) is 0 Å². The van der Waals surface area contributed by atoms with Crippen molar-refractivity contribution in [2.45, 2.75) is 6.18 Å². The normalized spacial score (nSPS) is 11.4. The number of nitrogens with one attached hydrogen (secondary N) is 1. The molecule has 0 aliphatic carbocycles. The van der Waals surface area contributed by atoms with Crippen LogP contribution in [0, 0.1) is 0 Å². The Morgan fingerprint density at radius 1 is 1.30 bits per heavy atom. The number of halogens is 5. The summed E-state index contributed by atoms with van der Waals surface area (Å²) in [5.74, 6) is -0.619. The maximum atomic E-state index is 12.5. The summed E-state index contributed by atoms with van der Waals surface area (Å²) in [6.07, 6.45) is -4.66. The molecule has 0 radical (unpaired) electrons. The molecule has 0 fully saturated rings. The second-order valence-electron chi connectivity index (χ2n) is 3.60. The van der Waals surface area contributed by atoms with Crippen molar-refractivity contribution in [3.05, 3.63) is 44.9 Å². The van der Waals surface area contributed by atoms with E-state index in [1.165, 1.54) is 12.1 Å². The Bertz CT molecular complexity index is 657. The first-order valence-corrected chi connectivity index (χ1v) is 6.65. The van der Waals surface area contributed by atoms with Gasteiger partial charge in [0.1, 0.15) is 4.34 Å². The van der Waals surface area contributed by atoms with E-state index in [4.69, 9.17) is 23.2 Å². The third kappa shape index (κ3) is 3.41. The molecular formula is C11H5Cl2F3N2OS.